The van der Waals surface area contributed by atoms with Gasteiger partial charge in [0, 0.05) is 73.8 Å². The van der Waals surface area contributed by atoms with Crippen molar-refractivity contribution >= 4 is 91.7 Å². The van der Waals surface area contributed by atoms with E-state index in [1.54, 1.807) is 60.7 Å². The Labute approximate surface area is 667 Å². The minimum Gasteiger partial charge on any atom is -0.459 e. The fourth-order valence-corrected chi connectivity index (χ4v) is 16.7. The first-order valence-electron chi connectivity index (χ1n) is 46.2. The van der Waals surface area contributed by atoms with Crippen molar-refractivity contribution < 1.29 is 34.1 Å². The van der Waals surface area contributed by atoms with Crippen LogP contribution in [0.15, 0.2) is 327 Å². The monoisotopic (exact) mass is 1420 g/mol. The number of ether oxygens (including phenoxy) is 2. The van der Waals surface area contributed by atoms with Crippen molar-refractivity contribution in [3.05, 3.63) is 349 Å². The fraction of sp³-hybridized carbons (Fsp3) is 0.137. The second kappa shape index (κ2) is 25.2. The molecular weight excluding hydrogens is 1320 g/mol. The van der Waals surface area contributed by atoms with Crippen molar-refractivity contribution in [2.45, 2.75) is 90.5 Å². The zero-order valence-electron chi connectivity index (χ0n) is 79.8. The summed E-state index contributed by atoms with van der Waals surface area (Å²) in [5.74, 6) is -2.42. The van der Waals surface area contributed by atoms with Crippen LogP contribution in [-0.2, 0) is 16.2 Å². The quantitative estimate of drug-likeness (QED) is 0.134. The third-order valence-electron chi connectivity index (χ3n) is 22.2. The largest absolute Gasteiger partial charge is 0.459 e. The summed E-state index contributed by atoms with van der Waals surface area (Å²) in [6.07, 6.45) is 0. The number of anilines is 8. The second-order valence-corrected chi connectivity index (χ2v) is 32.0. The van der Waals surface area contributed by atoms with Gasteiger partial charge in [0.15, 0.2) is 0 Å². The number of benzene rings is 14. The summed E-state index contributed by atoms with van der Waals surface area (Å²) >= 11 is 0. The van der Waals surface area contributed by atoms with Crippen molar-refractivity contribution in [1.29, 1.82) is 0 Å². The summed E-state index contributed by atoms with van der Waals surface area (Å²) in [5, 5.41) is 0. The number of allylic oxidation sites excluding steroid dienone is 2. The van der Waals surface area contributed by atoms with Crippen LogP contribution in [0.2, 0.25) is 0 Å². The molecule has 14 aromatic rings. The van der Waals surface area contributed by atoms with Gasteiger partial charge in [-0.3, -0.25) is 0 Å². The lowest BCUT2D eigenvalue weighted by Gasteiger charge is -2.48. The van der Waals surface area contributed by atoms with Crippen molar-refractivity contribution in [2.24, 2.45) is 0 Å². The molecule has 0 spiro atoms. The molecule has 0 saturated heterocycles. The van der Waals surface area contributed by atoms with Gasteiger partial charge >= 0.3 is 0 Å². The van der Waals surface area contributed by atoms with E-state index >= 15 is 0 Å². The molecule has 5 aliphatic heterocycles. The molecule has 0 amide bonds. The highest BCUT2D eigenvalue weighted by molar-refractivity contribution is 7.03. The van der Waals surface area contributed by atoms with E-state index in [0.717, 1.165) is 33.4 Å². The summed E-state index contributed by atoms with van der Waals surface area (Å²) in [4.78, 5) is 5.32. The highest BCUT2D eigenvalue weighted by Crippen LogP contribution is 2.58. The molecule has 0 fully saturated rings. The third kappa shape index (κ3) is 10.8. The lowest BCUT2D eigenvalue weighted by Crippen LogP contribution is -2.65. The summed E-state index contributed by atoms with van der Waals surface area (Å²) < 4.78 is 202. The molecule has 0 bridgehead atoms. The minimum atomic E-state index is -1.68. The van der Waals surface area contributed by atoms with E-state index in [2.05, 4.69) is 104 Å². The summed E-state index contributed by atoms with van der Waals surface area (Å²) in [6, 6.07) is 58.9. The third-order valence-corrected chi connectivity index (χ3v) is 22.2. The van der Waals surface area contributed by atoms with Crippen LogP contribution in [-0.4, -0.2) is 19.5 Å². The number of fused-ring (bicyclic) bond motifs is 12. The first-order valence-corrected chi connectivity index (χ1v) is 37.2. The van der Waals surface area contributed by atoms with E-state index in [4.69, 9.17) is 9.47 Å². The Morgan fingerprint density at radius 1 is 0.339 bits per heavy atom. The zero-order chi connectivity index (χ0) is 89.4. The maximum absolute atomic E-state index is 12.0. The molecule has 0 aromatic heterocycles. The van der Waals surface area contributed by atoms with Crippen LogP contribution in [0.1, 0.15) is 115 Å². The fourth-order valence-electron chi connectivity index (χ4n) is 16.7. The molecule has 5 nitrogen and oxygen atoms in total. The topological polar surface area (TPSA) is 28.2 Å². The standard InChI is InChI=1S/C102H83B2N3O2/c1-100(2,3)72-56-78(66-36-20-12-21-37-66)97(79(57-72)67-38-22-13-23-39-67)106-87-62-75(105-85-46-30-28-44-76(85)77-45-29-31-47-86(77)105)50-51-82(87)104-94-88(106)60-74(102(7,8)9)61-89(94)107(98-80(68-40-24-14-25-41-68)58-73(101(4,5)6)59-81(98)69-42-26-15-27-43-69)90-63-93-96-99(95(90)104)109-92-53-49-71(65-34-18-11-19-35-65)55-84(92)103(96)83-54-70(48-52-91(83)108-93)64-32-16-10-17-33-64/h10-63,76,85H,1-9H3/i28D,29D,30D,31D,44D,45D,46D,47D,48D,49D,50D,51D,52D,53D,54D,55D,62D,63D. The zero-order valence-corrected chi connectivity index (χ0v) is 61.8. The van der Waals surface area contributed by atoms with E-state index in [9.17, 15) is 24.7 Å². The van der Waals surface area contributed by atoms with Crippen LogP contribution >= 0.6 is 0 Å². The lowest BCUT2D eigenvalue weighted by atomic mass is 9.30. The van der Waals surface area contributed by atoms with Gasteiger partial charge in [-0.1, -0.05) is 317 Å². The van der Waals surface area contributed by atoms with E-state index in [0.29, 0.717) is 67.2 Å². The van der Waals surface area contributed by atoms with Gasteiger partial charge in [-0.2, -0.15) is 0 Å². The first-order chi connectivity index (χ1) is 60.5. The van der Waals surface area contributed by atoms with Crippen molar-refractivity contribution in [1.82, 2.24) is 0 Å². The average molecular weight is 1420 g/mol. The minimum absolute atomic E-state index is 0.00325. The average Bonchev–Trinajstić information content (AvgIpc) is 1.58. The van der Waals surface area contributed by atoms with Crippen molar-refractivity contribution in [3.63, 3.8) is 0 Å². The molecule has 7 heteroatoms. The van der Waals surface area contributed by atoms with Crippen LogP contribution in [0.5, 0.6) is 23.0 Å². The molecule has 1 aliphatic carbocycles. The molecule has 0 N–H and O–H groups in total. The molecular formula is C102H83B2N3O2. The maximum atomic E-state index is 12.0. The van der Waals surface area contributed by atoms with Gasteiger partial charge in [0.25, 0.3) is 13.4 Å². The van der Waals surface area contributed by atoms with Gasteiger partial charge in [-0.05, 0) is 177 Å². The SMILES string of the molecule is [2H]C1=C([2H])C2c3c([2H])c([2H])c([2H])c([2H])c3N(c3c([2H])c([2H])c4c(c3[2H])N(c3c(-c5ccccc5)cc(C(C)(C)C)cc3-c3ccccc3)c3cc(C(C)(C)C)cc5c3B4c3c4c6c(c([2H])c3N5c3c(-c5ccccc5)cc(C(C)(C)C)cc3-c3ccccc3)Oc3c([2H])c([2H])c(-c5ccccc5)c([2H])c3B6c3c([2H])c(-c5ccccc5)c([2H])c([2H])c3O4)C2C([2H])=C1[2H]. The lowest BCUT2D eigenvalue weighted by molar-refractivity contribution is 0.467. The Bertz CT molecular complexity index is 7030. The normalized spacial score (nSPS) is 18.0. The van der Waals surface area contributed by atoms with Gasteiger partial charge in [-0.15, -0.1) is 0 Å². The highest BCUT2D eigenvalue weighted by Gasteiger charge is 2.52. The number of rotatable bonds is 9. The Hall–Kier alpha value is -12.3. The maximum Gasteiger partial charge on any atom is 0.260 e. The molecule has 5 heterocycles. The van der Waals surface area contributed by atoms with E-state index in [1.165, 1.54) is 4.90 Å². The van der Waals surface area contributed by atoms with Crippen LogP contribution < -0.4 is 57.0 Å². The Balaban J connectivity index is 1.05. The molecule has 2 unspecified atom stereocenters. The van der Waals surface area contributed by atoms with Crippen LogP contribution in [0.4, 0.5) is 45.5 Å². The van der Waals surface area contributed by atoms with Gasteiger partial charge in [0.2, 0.25) is 0 Å². The van der Waals surface area contributed by atoms with Gasteiger partial charge in [0.05, 0.1) is 42.1 Å². The first kappa shape index (κ1) is 49.5. The molecule has 6 aliphatic rings. The molecule has 0 radical (unpaired) electrons. The number of nitrogens with zero attached hydrogens (tertiary/aromatic N) is 3. The molecule has 2 atom stereocenters. The predicted molar refractivity (Wildman–Crippen MR) is 460 cm³/mol. The van der Waals surface area contributed by atoms with Crippen LogP contribution in [0.3, 0.4) is 0 Å². The van der Waals surface area contributed by atoms with Gasteiger partial charge in [0.1, 0.15) is 23.0 Å². The molecule has 109 heavy (non-hydrogen) atoms. The number of hydrogen-bond donors (Lipinski definition) is 0. The van der Waals surface area contributed by atoms with E-state index < -0.39 is 126 Å². The van der Waals surface area contributed by atoms with Gasteiger partial charge < -0.3 is 24.2 Å². The molecule has 14 aromatic carbocycles. The van der Waals surface area contributed by atoms with E-state index in [1.807, 2.05) is 126 Å². The number of hydrogen-bond acceptors (Lipinski definition) is 5. The number of para-hydroxylation sites is 1. The Morgan fingerprint density at radius 3 is 1.25 bits per heavy atom. The predicted octanol–water partition coefficient (Wildman–Crippen LogP) is 23.1. The summed E-state index contributed by atoms with van der Waals surface area (Å²) in [5.41, 5.74) is 8.62. The summed E-state index contributed by atoms with van der Waals surface area (Å²) in [6.45, 7) is 16.1. The molecule has 0 saturated carbocycles. The Morgan fingerprint density at radius 2 is 0.771 bits per heavy atom. The molecule has 20 rings (SSSR count). The molecule has 524 valence electrons. The van der Waals surface area contributed by atoms with Crippen LogP contribution in [0.25, 0.3) is 66.8 Å². The second-order valence-electron chi connectivity index (χ2n) is 32.0. The van der Waals surface area contributed by atoms with E-state index in [-0.39, 0.29) is 114 Å². The van der Waals surface area contributed by atoms with Crippen molar-refractivity contribution in [3.8, 4) is 89.8 Å². The summed E-state index contributed by atoms with van der Waals surface area (Å²) in [7, 11) is 0. The van der Waals surface area contributed by atoms with Gasteiger partial charge in [-0.25, -0.2) is 0 Å². The smallest absolute Gasteiger partial charge is 0.260 e. The van der Waals surface area contributed by atoms with Crippen molar-refractivity contribution in [2.75, 3.05) is 14.7 Å². The van der Waals surface area contributed by atoms with Crippen LogP contribution in [0, 0.1) is 0 Å². The highest BCUT2D eigenvalue weighted by atomic mass is 16.5. The Kier molecular flexibility index (Phi) is 11.4.